The van der Waals surface area contributed by atoms with Gasteiger partial charge < -0.3 is 21.7 Å². The molecule has 3 aromatic rings. The number of carbonyl (C=O) groups is 3. The third kappa shape index (κ3) is 8.29. The minimum atomic E-state index is -1.04. The Bertz CT molecular complexity index is 1220. The summed E-state index contributed by atoms with van der Waals surface area (Å²) in [5.74, 6) is 4.58. The zero-order chi connectivity index (χ0) is 25.0. The maximum atomic E-state index is 12.2. The summed E-state index contributed by atoms with van der Waals surface area (Å²) in [6, 6.07) is 22.1. The third-order valence-electron chi connectivity index (χ3n) is 4.86. The van der Waals surface area contributed by atoms with Crippen molar-refractivity contribution in [3.63, 3.8) is 0 Å². The Morgan fingerprint density at radius 2 is 1.42 bits per heavy atom. The van der Waals surface area contributed by atoms with Gasteiger partial charge in [0, 0.05) is 34.6 Å². The number of carbonyl (C=O) groups excluding carboxylic acids is 3. The van der Waals surface area contributed by atoms with Crippen LogP contribution >= 0.6 is 0 Å². The summed E-state index contributed by atoms with van der Waals surface area (Å²) >= 11 is 0. The van der Waals surface area contributed by atoms with Crippen molar-refractivity contribution in [2.45, 2.75) is 13.5 Å². The fourth-order valence-electron chi connectivity index (χ4n) is 2.98. The summed E-state index contributed by atoms with van der Waals surface area (Å²) in [5, 5.41) is 17.0. The fraction of sp³-hybridized carbons (Fsp3) is 0.148. The molecule has 3 aromatic carbocycles. The number of hydroxylamine groups is 1. The van der Waals surface area contributed by atoms with Gasteiger partial charge in [-0.05, 0) is 60.7 Å². The monoisotopic (exact) mass is 487 g/mol. The summed E-state index contributed by atoms with van der Waals surface area (Å²) in [4.78, 5) is 35.8. The zero-order valence-electron chi connectivity index (χ0n) is 18.7. The van der Waals surface area contributed by atoms with Crippen LogP contribution in [0.2, 0.25) is 0 Å². The molecule has 0 aromatic heterocycles. The first kappa shape index (κ1) is 27.6. The van der Waals surface area contributed by atoms with Crippen LogP contribution in [0.15, 0.2) is 78.9 Å². The molecule has 0 bridgehead atoms. The molecule has 0 spiro atoms. The molecule has 0 unspecified atom stereocenters. The number of hydrogen-bond acceptors (Lipinski definition) is 6. The van der Waals surface area contributed by atoms with E-state index in [0.29, 0.717) is 16.8 Å². The van der Waals surface area contributed by atoms with Crippen LogP contribution in [-0.4, -0.2) is 42.1 Å². The highest BCUT2D eigenvalue weighted by molar-refractivity contribution is 5.97. The Labute approximate surface area is 210 Å². The van der Waals surface area contributed by atoms with E-state index in [9.17, 15) is 14.4 Å². The van der Waals surface area contributed by atoms with Gasteiger partial charge in [-0.1, -0.05) is 37.5 Å². The molecular weight excluding hydrogens is 458 g/mol. The highest BCUT2D eigenvalue weighted by atomic mass is 16.5. The number of benzene rings is 3. The molecule has 1 atom stereocenters. The second-order valence-corrected chi connectivity index (χ2v) is 7.41. The van der Waals surface area contributed by atoms with Gasteiger partial charge in [0.05, 0.1) is 6.54 Å². The van der Waals surface area contributed by atoms with Crippen molar-refractivity contribution in [2.75, 3.05) is 23.7 Å². The minimum absolute atomic E-state index is 0. The predicted octanol–water partition coefficient (Wildman–Crippen LogP) is 2.34. The number of nitrogens with one attached hydrogen (secondary N) is 4. The van der Waals surface area contributed by atoms with Crippen LogP contribution in [0.25, 0.3) is 0 Å². The number of anilines is 2. The lowest BCUT2D eigenvalue weighted by molar-refractivity contribution is -0.130. The topological polar surface area (TPSA) is 146 Å². The molecule has 7 N–H and O–H groups in total. The van der Waals surface area contributed by atoms with Crippen LogP contribution in [0, 0.1) is 11.8 Å². The summed E-state index contributed by atoms with van der Waals surface area (Å²) in [7, 11) is 0. The zero-order valence-corrected chi connectivity index (χ0v) is 18.7. The van der Waals surface area contributed by atoms with Crippen molar-refractivity contribution < 1.29 is 19.6 Å². The standard InChI is InChI=1S/C26H25N5O4.CH4/c27-16-23(26(34)31-35)30-25(33)20-12-8-18(9-13-20)6-7-19-10-14-22(15-11-19)29-24(32)17-28-21-4-2-1-3-5-21;/h1-5,8-15,23,28,35H,16-17,27H2,(H,29,32)(H,30,33)(H,31,34);1H4/t23-;/m0./s1. The Balaban J connectivity index is 0.00000456. The first-order chi connectivity index (χ1) is 17.0. The molecule has 3 amide bonds. The van der Waals surface area contributed by atoms with E-state index < -0.39 is 17.9 Å². The lowest BCUT2D eigenvalue weighted by Gasteiger charge is -2.14. The first-order valence-corrected chi connectivity index (χ1v) is 10.7. The maximum Gasteiger partial charge on any atom is 0.267 e. The lowest BCUT2D eigenvalue weighted by atomic mass is 10.1. The van der Waals surface area contributed by atoms with E-state index in [2.05, 4.69) is 27.8 Å². The largest absolute Gasteiger partial charge is 0.376 e. The SMILES string of the molecule is C.NC[C@H](NC(=O)c1ccc(C#Cc2ccc(NC(=O)CNc3ccccc3)cc2)cc1)C(=O)NO. The average Bonchev–Trinajstić information content (AvgIpc) is 2.90. The smallest absolute Gasteiger partial charge is 0.267 e. The van der Waals surface area contributed by atoms with Crippen LogP contribution in [-0.2, 0) is 9.59 Å². The molecule has 0 saturated heterocycles. The average molecular weight is 488 g/mol. The van der Waals surface area contributed by atoms with E-state index in [1.807, 2.05) is 30.3 Å². The van der Waals surface area contributed by atoms with Crippen molar-refractivity contribution in [2.24, 2.45) is 5.73 Å². The van der Waals surface area contributed by atoms with Gasteiger partial charge in [-0.2, -0.15) is 0 Å². The van der Waals surface area contributed by atoms with Gasteiger partial charge in [0.1, 0.15) is 6.04 Å². The van der Waals surface area contributed by atoms with E-state index in [1.54, 1.807) is 48.5 Å². The molecule has 9 nitrogen and oxygen atoms in total. The van der Waals surface area contributed by atoms with E-state index in [1.165, 1.54) is 5.48 Å². The van der Waals surface area contributed by atoms with Crippen molar-refractivity contribution in [1.82, 2.24) is 10.8 Å². The van der Waals surface area contributed by atoms with Gasteiger partial charge >= 0.3 is 0 Å². The van der Waals surface area contributed by atoms with Gasteiger partial charge in [0.25, 0.3) is 11.8 Å². The van der Waals surface area contributed by atoms with Crippen LogP contribution < -0.4 is 27.2 Å². The predicted molar refractivity (Wildman–Crippen MR) is 139 cm³/mol. The molecule has 36 heavy (non-hydrogen) atoms. The quantitative estimate of drug-likeness (QED) is 0.163. The summed E-state index contributed by atoms with van der Waals surface area (Å²) in [6.45, 7) is -0.00413. The van der Waals surface area contributed by atoms with E-state index in [4.69, 9.17) is 10.9 Å². The summed E-state index contributed by atoms with van der Waals surface area (Å²) < 4.78 is 0. The van der Waals surface area contributed by atoms with Gasteiger partial charge in [0.15, 0.2) is 0 Å². The van der Waals surface area contributed by atoms with Crippen LogP contribution in [0.1, 0.15) is 28.9 Å². The molecule has 0 aliphatic carbocycles. The van der Waals surface area contributed by atoms with Crippen LogP contribution in [0.5, 0.6) is 0 Å². The van der Waals surface area contributed by atoms with Gasteiger partial charge in [-0.25, -0.2) is 5.48 Å². The second kappa shape index (κ2) is 13.9. The van der Waals surface area contributed by atoms with Crippen molar-refractivity contribution in [3.05, 3.63) is 95.6 Å². The van der Waals surface area contributed by atoms with Crippen molar-refractivity contribution in [1.29, 1.82) is 0 Å². The molecule has 0 saturated carbocycles. The van der Waals surface area contributed by atoms with Gasteiger partial charge in [0.2, 0.25) is 5.91 Å². The molecule has 186 valence electrons. The van der Waals surface area contributed by atoms with E-state index in [0.717, 1.165) is 11.3 Å². The van der Waals surface area contributed by atoms with E-state index >= 15 is 0 Å². The van der Waals surface area contributed by atoms with Crippen LogP contribution in [0.3, 0.4) is 0 Å². The molecule has 0 fully saturated rings. The molecule has 0 aliphatic heterocycles. The van der Waals surface area contributed by atoms with Gasteiger partial charge in [-0.15, -0.1) is 0 Å². The third-order valence-corrected chi connectivity index (χ3v) is 4.86. The number of hydrogen-bond donors (Lipinski definition) is 6. The Hall–Kier alpha value is -4.65. The number of amides is 3. The van der Waals surface area contributed by atoms with E-state index in [-0.39, 0.29) is 26.4 Å². The number of para-hydroxylation sites is 1. The fourth-order valence-corrected chi connectivity index (χ4v) is 2.98. The minimum Gasteiger partial charge on any atom is -0.376 e. The summed E-state index contributed by atoms with van der Waals surface area (Å²) in [5.41, 5.74) is 10.2. The van der Waals surface area contributed by atoms with Crippen molar-refractivity contribution >= 4 is 29.1 Å². The molecule has 0 radical (unpaired) electrons. The molecular formula is C27H29N5O4. The van der Waals surface area contributed by atoms with Crippen LogP contribution in [0.4, 0.5) is 11.4 Å². The normalized spacial score (nSPS) is 10.5. The first-order valence-electron chi connectivity index (χ1n) is 10.7. The number of nitrogens with two attached hydrogens (primary N) is 1. The lowest BCUT2D eigenvalue weighted by Crippen LogP contribution is -2.50. The van der Waals surface area contributed by atoms with Gasteiger partial charge in [-0.3, -0.25) is 19.6 Å². The molecule has 0 aliphatic rings. The number of rotatable bonds is 8. The highest BCUT2D eigenvalue weighted by Crippen LogP contribution is 2.10. The maximum absolute atomic E-state index is 12.2. The Morgan fingerprint density at radius 3 is 1.97 bits per heavy atom. The Kier molecular flexibility index (Phi) is 10.7. The molecule has 0 heterocycles. The van der Waals surface area contributed by atoms with Crippen molar-refractivity contribution in [3.8, 4) is 11.8 Å². The Morgan fingerprint density at radius 1 is 0.833 bits per heavy atom. The molecule has 3 rings (SSSR count). The highest BCUT2D eigenvalue weighted by Gasteiger charge is 2.19. The second-order valence-electron chi connectivity index (χ2n) is 7.41. The molecule has 9 heteroatoms. The summed E-state index contributed by atoms with van der Waals surface area (Å²) in [6.07, 6.45) is 0.